The molecule has 0 saturated carbocycles. The molecule has 116 valence electrons. The standard InChI is InChI=1S/C14H19N3O3.ClH/c18-13(11-4-2-1-3-5-11)16-6-7-17-14(19)12-10-20-9-8-15-12;/h1-5,12,15H,6-10H2,(H,16,18)(H,17,19);1H. The second-order valence-electron chi connectivity index (χ2n) is 4.49. The molecule has 0 spiro atoms. The number of morpholine rings is 1. The Labute approximate surface area is 130 Å². The zero-order valence-corrected chi connectivity index (χ0v) is 12.4. The molecule has 21 heavy (non-hydrogen) atoms. The Balaban J connectivity index is 0.00000220. The molecule has 1 saturated heterocycles. The van der Waals surface area contributed by atoms with Crippen molar-refractivity contribution in [2.24, 2.45) is 0 Å². The van der Waals surface area contributed by atoms with E-state index in [9.17, 15) is 9.59 Å². The smallest absolute Gasteiger partial charge is 0.251 e. The van der Waals surface area contributed by atoms with Crippen LogP contribution in [0.2, 0.25) is 0 Å². The quantitative estimate of drug-likeness (QED) is 0.666. The first kappa shape index (κ1) is 17.4. The number of halogens is 1. The highest BCUT2D eigenvalue weighted by Gasteiger charge is 2.20. The van der Waals surface area contributed by atoms with Crippen LogP contribution in [0.15, 0.2) is 30.3 Å². The Morgan fingerprint density at radius 3 is 2.57 bits per heavy atom. The van der Waals surface area contributed by atoms with Gasteiger partial charge < -0.3 is 20.7 Å². The Morgan fingerprint density at radius 2 is 1.90 bits per heavy atom. The summed E-state index contributed by atoms with van der Waals surface area (Å²) >= 11 is 0. The van der Waals surface area contributed by atoms with Crippen LogP contribution in [0, 0.1) is 0 Å². The number of carbonyl (C=O) groups excluding carboxylic acids is 2. The summed E-state index contributed by atoms with van der Waals surface area (Å²) in [6.45, 7) is 2.50. The second-order valence-corrected chi connectivity index (χ2v) is 4.49. The van der Waals surface area contributed by atoms with Gasteiger partial charge in [0.1, 0.15) is 6.04 Å². The van der Waals surface area contributed by atoms with Crippen molar-refractivity contribution < 1.29 is 14.3 Å². The number of carbonyl (C=O) groups is 2. The van der Waals surface area contributed by atoms with E-state index < -0.39 is 0 Å². The molecule has 2 amide bonds. The van der Waals surface area contributed by atoms with Gasteiger partial charge in [-0.3, -0.25) is 9.59 Å². The highest BCUT2D eigenvalue weighted by molar-refractivity contribution is 5.94. The van der Waals surface area contributed by atoms with Crippen molar-refractivity contribution in [3.8, 4) is 0 Å². The van der Waals surface area contributed by atoms with Gasteiger partial charge in [-0.2, -0.15) is 0 Å². The van der Waals surface area contributed by atoms with Gasteiger partial charge in [-0.15, -0.1) is 12.4 Å². The van der Waals surface area contributed by atoms with Crippen LogP contribution in [0.1, 0.15) is 10.4 Å². The normalized spacial score (nSPS) is 17.4. The van der Waals surface area contributed by atoms with Crippen LogP contribution < -0.4 is 16.0 Å². The van der Waals surface area contributed by atoms with Gasteiger partial charge in [0.05, 0.1) is 13.2 Å². The van der Waals surface area contributed by atoms with Crippen molar-refractivity contribution in [2.75, 3.05) is 32.8 Å². The van der Waals surface area contributed by atoms with Crippen molar-refractivity contribution >= 4 is 24.2 Å². The molecule has 1 atom stereocenters. The highest BCUT2D eigenvalue weighted by atomic mass is 35.5. The minimum atomic E-state index is -0.298. The Bertz CT molecular complexity index is 450. The second kappa shape index (κ2) is 9.33. The van der Waals surface area contributed by atoms with Gasteiger partial charge in [-0.1, -0.05) is 18.2 Å². The third kappa shape index (κ3) is 5.71. The molecule has 1 aliphatic heterocycles. The fourth-order valence-corrected chi connectivity index (χ4v) is 1.91. The van der Waals surface area contributed by atoms with Crippen LogP contribution in [-0.4, -0.2) is 50.7 Å². The van der Waals surface area contributed by atoms with E-state index in [-0.39, 0.29) is 30.3 Å². The maximum atomic E-state index is 11.7. The Morgan fingerprint density at radius 1 is 1.19 bits per heavy atom. The van der Waals surface area contributed by atoms with Crippen molar-refractivity contribution in [1.82, 2.24) is 16.0 Å². The third-order valence-corrected chi connectivity index (χ3v) is 2.98. The number of nitrogens with one attached hydrogen (secondary N) is 3. The molecule has 2 rings (SSSR count). The molecule has 0 radical (unpaired) electrons. The minimum Gasteiger partial charge on any atom is -0.378 e. The molecule has 3 N–H and O–H groups in total. The van der Waals surface area contributed by atoms with E-state index in [1.165, 1.54) is 0 Å². The predicted molar refractivity (Wildman–Crippen MR) is 81.6 cm³/mol. The van der Waals surface area contributed by atoms with Crippen LogP contribution in [0.4, 0.5) is 0 Å². The van der Waals surface area contributed by atoms with Crippen LogP contribution in [0.5, 0.6) is 0 Å². The SMILES string of the molecule is Cl.O=C(NCCNC(=O)C1COCCN1)c1ccccc1. The van der Waals surface area contributed by atoms with Crippen molar-refractivity contribution in [2.45, 2.75) is 6.04 Å². The highest BCUT2D eigenvalue weighted by Crippen LogP contribution is 1.97. The van der Waals surface area contributed by atoms with Crippen molar-refractivity contribution in [3.63, 3.8) is 0 Å². The van der Waals surface area contributed by atoms with Crippen molar-refractivity contribution in [3.05, 3.63) is 35.9 Å². The number of amides is 2. The van der Waals surface area contributed by atoms with E-state index in [0.29, 0.717) is 38.4 Å². The molecule has 7 heteroatoms. The minimum absolute atomic E-state index is 0. The fourth-order valence-electron chi connectivity index (χ4n) is 1.91. The van der Waals surface area contributed by atoms with Gasteiger partial charge >= 0.3 is 0 Å². The van der Waals surface area contributed by atoms with Crippen molar-refractivity contribution in [1.29, 1.82) is 0 Å². The molecule has 1 fully saturated rings. The number of rotatable bonds is 5. The van der Waals surface area contributed by atoms with Gasteiger partial charge in [0, 0.05) is 25.2 Å². The molecule has 1 aromatic carbocycles. The van der Waals surface area contributed by atoms with E-state index in [0.717, 1.165) is 0 Å². The molecule has 1 unspecified atom stereocenters. The molecule has 1 aliphatic rings. The van der Waals surface area contributed by atoms with Gasteiger partial charge in [-0.05, 0) is 12.1 Å². The van der Waals surface area contributed by atoms with Gasteiger partial charge in [0.15, 0.2) is 0 Å². The average molecular weight is 314 g/mol. The van der Waals surface area contributed by atoms with Crippen LogP contribution in [-0.2, 0) is 9.53 Å². The zero-order chi connectivity index (χ0) is 14.2. The lowest BCUT2D eigenvalue weighted by Crippen LogP contribution is -2.52. The average Bonchev–Trinajstić information content (AvgIpc) is 2.53. The van der Waals surface area contributed by atoms with Gasteiger partial charge in [0.25, 0.3) is 5.91 Å². The summed E-state index contributed by atoms with van der Waals surface area (Å²) in [6.07, 6.45) is 0. The lowest BCUT2D eigenvalue weighted by atomic mass is 10.2. The summed E-state index contributed by atoms with van der Waals surface area (Å²) in [7, 11) is 0. The van der Waals surface area contributed by atoms with Gasteiger partial charge in [-0.25, -0.2) is 0 Å². The van der Waals surface area contributed by atoms with Crippen LogP contribution in [0.25, 0.3) is 0 Å². The lowest BCUT2D eigenvalue weighted by Gasteiger charge is -2.22. The number of hydrogen-bond acceptors (Lipinski definition) is 4. The summed E-state index contributed by atoms with van der Waals surface area (Å²) in [5.41, 5.74) is 0.612. The van der Waals surface area contributed by atoms with E-state index in [1.54, 1.807) is 12.1 Å². The Hall–Kier alpha value is -1.63. The predicted octanol–water partition coefficient (Wildman–Crippen LogP) is -0.0572. The van der Waals surface area contributed by atoms with Crippen LogP contribution in [0.3, 0.4) is 0 Å². The first-order valence-corrected chi connectivity index (χ1v) is 6.69. The maximum Gasteiger partial charge on any atom is 0.251 e. The molecule has 0 aliphatic carbocycles. The summed E-state index contributed by atoms with van der Waals surface area (Å²) in [5, 5.41) is 8.58. The van der Waals surface area contributed by atoms with E-state index in [2.05, 4.69) is 16.0 Å². The summed E-state index contributed by atoms with van der Waals surface area (Å²) in [6, 6.07) is 8.68. The van der Waals surface area contributed by atoms with E-state index in [1.807, 2.05) is 18.2 Å². The Kier molecular flexibility index (Phi) is 7.74. The maximum absolute atomic E-state index is 11.7. The lowest BCUT2D eigenvalue weighted by molar-refractivity contribution is -0.125. The van der Waals surface area contributed by atoms with Gasteiger partial charge in [0.2, 0.25) is 5.91 Å². The first-order valence-electron chi connectivity index (χ1n) is 6.69. The fraction of sp³-hybridized carbons (Fsp3) is 0.429. The zero-order valence-electron chi connectivity index (χ0n) is 11.6. The molecule has 0 aromatic heterocycles. The largest absolute Gasteiger partial charge is 0.378 e. The molecular weight excluding hydrogens is 294 g/mol. The molecule has 6 nitrogen and oxygen atoms in total. The first-order chi connectivity index (χ1) is 9.77. The molecule has 1 heterocycles. The summed E-state index contributed by atoms with van der Waals surface area (Å²) in [4.78, 5) is 23.5. The number of benzene rings is 1. The molecule has 1 aromatic rings. The topological polar surface area (TPSA) is 79.5 Å². The van der Waals surface area contributed by atoms with Crippen LogP contribution >= 0.6 is 12.4 Å². The number of ether oxygens (including phenoxy) is 1. The molecular formula is C14H20ClN3O3. The summed E-state index contributed by atoms with van der Waals surface area (Å²) in [5.74, 6) is -0.238. The third-order valence-electron chi connectivity index (χ3n) is 2.98. The van der Waals surface area contributed by atoms with E-state index >= 15 is 0 Å². The monoisotopic (exact) mass is 313 g/mol. The molecule has 0 bridgehead atoms. The number of hydrogen-bond donors (Lipinski definition) is 3. The summed E-state index contributed by atoms with van der Waals surface area (Å²) < 4.78 is 5.21. The van der Waals surface area contributed by atoms with E-state index in [4.69, 9.17) is 4.74 Å².